The highest BCUT2D eigenvalue weighted by molar-refractivity contribution is 7.09. The lowest BCUT2D eigenvalue weighted by Gasteiger charge is -2.34. The van der Waals surface area contributed by atoms with Crippen molar-refractivity contribution >= 4 is 23.3 Å². The van der Waals surface area contributed by atoms with E-state index in [4.69, 9.17) is 4.74 Å². The number of rotatable bonds is 9. The second-order valence-corrected chi connectivity index (χ2v) is 8.45. The van der Waals surface area contributed by atoms with Crippen LogP contribution in [0.2, 0.25) is 0 Å². The molecule has 0 spiro atoms. The van der Waals surface area contributed by atoms with Crippen LogP contribution in [0.15, 0.2) is 5.38 Å². The summed E-state index contributed by atoms with van der Waals surface area (Å²) in [7, 11) is 1.66. The maximum absolute atomic E-state index is 12.7. The molecule has 28 heavy (non-hydrogen) atoms. The Hall–Kier alpha value is -1.71. The molecule has 0 radical (unpaired) electrons. The van der Waals surface area contributed by atoms with E-state index in [0.29, 0.717) is 45.1 Å². The molecule has 1 fully saturated rings. The second-order valence-electron chi connectivity index (χ2n) is 7.56. The SMILES string of the molecule is CC[C@@](CCN1CCOCC1)(NC(=O)N(C)Cc1csc(C(C)C)n1)C(=O)O. The van der Waals surface area contributed by atoms with Crippen LogP contribution in [0.3, 0.4) is 0 Å². The lowest BCUT2D eigenvalue weighted by atomic mass is 9.91. The number of nitrogens with zero attached hydrogens (tertiary/aromatic N) is 3. The first kappa shape index (κ1) is 22.6. The number of amides is 2. The Kier molecular flexibility index (Phi) is 8.21. The minimum Gasteiger partial charge on any atom is -0.480 e. The van der Waals surface area contributed by atoms with Crippen molar-refractivity contribution in [3.05, 3.63) is 16.1 Å². The number of hydrogen-bond acceptors (Lipinski definition) is 6. The molecule has 0 unspecified atom stereocenters. The van der Waals surface area contributed by atoms with Gasteiger partial charge in [0.05, 0.1) is 30.5 Å². The molecule has 1 saturated heterocycles. The van der Waals surface area contributed by atoms with Crippen LogP contribution in [-0.4, -0.2) is 77.3 Å². The summed E-state index contributed by atoms with van der Waals surface area (Å²) in [6, 6.07) is -0.398. The van der Waals surface area contributed by atoms with Crippen molar-refractivity contribution in [3.63, 3.8) is 0 Å². The molecule has 1 aliphatic rings. The molecule has 9 heteroatoms. The van der Waals surface area contributed by atoms with Crippen molar-refractivity contribution in [2.75, 3.05) is 39.9 Å². The van der Waals surface area contributed by atoms with E-state index >= 15 is 0 Å². The van der Waals surface area contributed by atoms with Crippen LogP contribution < -0.4 is 5.32 Å². The summed E-state index contributed by atoms with van der Waals surface area (Å²) in [6.07, 6.45) is 0.674. The summed E-state index contributed by atoms with van der Waals surface area (Å²) in [6.45, 7) is 9.80. The average Bonchev–Trinajstić information content (AvgIpc) is 3.14. The number of aliphatic carboxylic acids is 1. The molecule has 2 rings (SSSR count). The quantitative estimate of drug-likeness (QED) is 0.647. The van der Waals surface area contributed by atoms with Gasteiger partial charge in [0.1, 0.15) is 5.54 Å². The summed E-state index contributed by atoms with van der Waals surface area (Å²) >= 11 is 1.58. The molecule has 2 amide bonds. The third-order valence-corrected chi connectivity index (χ3v) is 6.32. The van der Waals surface area contributed by atoms with Gasteiger partial charge in [-0.15, -0.1) is 11.3 Å². The van der Waals surface area contributed by atoms with E-state index in [1.165, 1.54) is 4.90 Å². The van der Waals surface area contributed by atoms with Crippen molar-refractivity contribution in [2.45, 2.75) is 51.6 Å². The van der Waals surface area contributed by atoms with Crippen LogP contribution in [0.4, 0.5) is 4.79 Å². The Balaban J connectivity index is 1.98. The van der Waals surface area contributed by atoms with E-state index < -0.39 is 17.5 Å². The van der Waals surface area contributed by atoms with E-state index in [2.05, 4.69) is 29.0 Å². The first-order valence-electron chi connectivity index (χ1n) is 9.78. The Bertz CT molecular complexity index is 660. The second kappa shape index (κ2) is 10.2. The van der Waals surface area contributed by atoms with Crippen LogP contribution in [0.5, 0.6) is 0 Å². The normalized spacial score (nSPS) is 17.3. The maximum atomic E-state index is 12.7. The lowest BCUT2D eigenvalue weighted by molar-refractivity contribution is -0.145. The number of urea groups is 1. The van der Waals surface area contributed by atoms with Gasteiger partial charge in [0.25, 0.3) is 0 Å². The Morgan fingerprint density at radius 2 is 2.11 bits per heavy atom. The number of morpholine rings is 1. The van der Waals surface area contributed by atoms with E-state index in [-0.39, 0.29) is 0 Å². The lowest BCUT2D eigenvalue weighted by Crippen LogP contribution is -2.58. The Morgan fingerprint density at radius 1 is 1.43 bits per heavy atom. The smallest absolute Gasteiger partial charge is 0.329 e. The van der Waals surface area contributed by atoms with Crippen molar-refractivity contribution < 1.29 is 19.4 Å². The van der Waals surface area contributed by atoms with Gasteiger partial charge in [0.2, 0.25) is 0 Å². The number of nitrogens with one attached hydrogen (secondary N) is 1. The number of thiazole rings is 1. The summed E-state index contributed by atoms with van der Waals surface area (Å²) in [5.41, 5.74) is -0.466. The largest absolute Gasteiger partial charge is 0.480 e. The van der Waals surface area contributed by atoms with Gasteiger partial charge >= 0.3 is 12.0 Å². The molecule has 2 N–H and O–H groups in total. The Morgan fingerprint density at radius 3 is 2.64 bits per heavy atom. The van der Waals surface area contributed by atoms with Crippen LogP contribution in [0.1, 0.15) is 50.2 Å². The monoisotopic (exact) mass is 412 g/mol. The van der Waals surface area contributed by atoms with E-state index in [9.17, 15) is 14.7 Å². The number of carbonyl (C=O) groups is 2. The highest BCUT2D eigenvalue weighted by Crippen LogP contribution is 2.21. The first-order valence-corrected chi connectivity index (χ1v) is 10.7. The molecular formula is C19H32N4O4S. The number of aromatic nitrogens is 1. The summed E-state index contributed by atoms with van der Waals surface area (Å²) in [5.74, 6) is -0.654. The van der Waals surface area contributed by atoms with Crippen molar-refractivity contribution in [1.82, 2.24) is 20.1 Å². The molecule has 158 valence electrons. The molecule has 0 aromatic carbocycles. The minimum absolute atomic E-state index is 0.320. The average molecular weight is 413 g/mol. The third kappa shape index (κ3) is 5.89. The zero-order valence-corrected chi connectivity index (χ0v) is 18.0. The third-order valence-electron chi connectivity index (χ3n) is 5.13. The number of carbonyl (C=O) groups excluding carboxylic acids is 1. The van der Waals surface area contributed by atoms with Gasteiger partial charge in [0.15, 0.2) is 0 Å². The topological polar surface area (TPSA) is 95.0 Å². The zero-order chi connectivity index (χ0) is 20.7. The van der Waals surface area contributed by atoms with E-state index in [1.807, 2.05) is 5.38 Å². The van der Waals surface area contributed by atoms with Gasteiger partial charge in [-0.1, -0.05) is 20.8 Å². The van der Waals surface area contributed by atoms with Gasteiger partial charge < -0.3 is 20.1 Å². The molecule has 1 aromatic rings. The molecule has 0 saturated carbocycles. The Labute approximate surface area is 170 Å². The van der Waals surface area contributed by atoms with E-state index in [1.54, 1.807) is 25.3 Å². The number of ether oxygens (including phenoxy) is 1. The molecule has 0 bridgehead atoms. The van der Waals surface area contributed by atoms with Crippen LogP contribution >= 0.6 is 11.3 Å². The van der Waals surface area contributed by atoms with Gasteiger partial charge in [-0.05, 0) is 12.8 Å². The van der Waals surface area contributed by atoms with Crippen molar-refractivity contribution in [3.8, 4) is 0 Å². The molecular weight excluding hydrogens is 380 g/mol. The highest BCUT2D eigenvalue weighted by atomic mass is 32.1. The fourth-order valence-electron chi connectivity index (χ4n) is 3.09. The molecule has 1 atom stereocenters. The van der Waals surface area contributed by atoms with Crippen molar-refractivity contribution in [1.29, 1.82) is 0 Å². The van der Waals surface area contributed by atoms with Crippen LogP contribution in [-0.2, 0) is 16.1 Å². The van der Waals surface area contributed by atoms with Gasteiger partial charge in [0, 0.05) is 38.0 Å². The zero-order valence-electron chi connectivity index (χ0n) is 17.2. The fourth-order valence-corrected chi connectivity index (χ4v) is 3.91. The van der Waals surface area contributed by atoms with Gasteiger partial charge in [-0.25, -0.2) is 14.6 Å². The van der Waals surface area contributed by atoms with Gasteiger partial charge in [-0.2, -0.15) is 0 Å². The number of carboxylic acid groups (broad SMARTS) is 1. The van der Waals surface area contributed by atoms with Crippen LogP contribution in [0.25, 0.3) is 0 Å². The summed E-state index contributed by atoms with van der Waals surface area (Å²) in [5, 5.41) is 15.6. The molecule has 1 aliphatic heterocycles. The molecule has 0 aliphatic carbocycles. The number of hydrogen-bond donors (Lipinski definition) is 2. The molecule has 2 heterocycles. The maximum Gasteiger partial charge on any atom is 0.329 e. The van der Waals surface area contributed by atoms with Crippen molar-refractivity contribution in [2.24, 2.45) is 0 Å². The minimum atomic E-state index is -1.28. The predicted molar refractivity (Wildman–Crippen MR) is 109 cm³/mol. The predicted octanol–water partition coefficient (Wildman–Crippen LogP) is 2.36. The molecule has 1 aromatic heterocycles. The number of carboxylic acids is 1. The van der Waals surface area contributed by atoms with Gasteiger partial charge in [-0.3, -0.25) is 4.90 Å². The standard InChI is InChI=1S/C19H32N4O4S/c1-5-19(17(24)25,6-7-23-8-10-27-11-9-23)21-18(26)22(4)12-15-13-28-16(20-15)14(2)3/h13-14H,5-12H2,1-4H3,(H,21,26)(H,24,25)/t19-/m0/s1. The molecule has 8 nitrogen and oxygen atoms in total. The first-order chi connectivity index (χ1) is 13.3. The summed E-state index contributed by atoms with van der Waals surface area (Å²) < 4.78 is 5.33. The summed E-state index contributed by atoms with van der Waals surface area (Å²) in [4.78, 5) is 33.0. The van der Waals surface area contributed by atoms with E-state index in [0.717, 1.165) is 23.8 Å². The van der Waals surface area contributed by atoms with Crippen LogP contribution in [0, 0.1) is 0 Å². The fraction of sp³-hybridized carbons (Fsp3) is 0.737. The highest BCUT2D eigenvalue weighted by Gasteiger charge is 2.39.